The van der Waals surface area contributed by atoms with Crippen LogP contribution in [-0.2, 0) is 31.6 Å². The molecule has 0 spiro atoms. The van der Waals surface area contributed by atoms with Crippen molar-refractivity contribution in [2.45, 2.75) is 31.0 Å². The number of hydrogen-bond donors (Lipinski definition) is 6. The lowest BCUT2D eigenvalue weighted by Crippen LogP contribution is -2.42. The number of phosphoric acid groups is 3. The average Bonchev–Trinajstić information content (AvgIpc) is 2.73. The summed E-state index contributed by atoms with van der Waals surface area (Å²) in [7, 11) is -16.8. The van der Waals surface area contributed by atoms with Gasteiger partial charge in [0.1, 0.15) is 16.8 Å². The molecule has 6 N–H and O–H groups in total. The molecule has 2 heterocycles. The predicted octanol–water partition coefficient (Wildman–Crippen LogP) is 0.236. The van der Waals surface area contributed by atoms with Gasteiger partial charge in [-0.1, -0.05) is 12.2 Å². The molecular weight excluding hydrogens is 500 g/mol. The monoisotopic (exact) mass is 516 g/mol. The van der Waals surface area contributed by atoms with Crippen LogP contribution in [0.2, 0.25) is 0 Å². The largest absolute Gasteiger partial charge is 0.490 e. The Morgan fingerprint density at radius 1 is 1.27 bits per heavy atom. The molecule has 1 saturated heterocycles. The van der Waals surface area contributed by atoms with Gasteiger partial charge in [0.05, 0.1) is 6.61 Å². The third-order valence-electron chi connectivity index (χ3n) is 3.64. The standard InChI is InChI=1S/C10H16FN2O13P3S/c1-10(11)7(14)5(24-8(10)13-3-2-6(30)12-9(13)15)4-23-28(19,20)26-29(21,22)25-27(16,17)18/h2-3,5,7-8,14H,4H2,1H3,(H,19,20)(H,21,22)(H,12,15,30)(H2,16,17,18)/t5-,7+,8-,10?/m1/s1. The van der Waals surface area contributed by atoms with E-state index in [1.54, 1.807) is 0 Å². The lowest BCUT2D eigenvalue weighted by Gasteiger charge is -2.24. The second kappa shape index (κ2) is 8.71. The number of aromatic amines is 1. The van der Waals surface area contributed by atoms with Gasteiger partial charge in [-0.15, -0.1) is 0 Å². The fourth-order valence-corrected chi connectivity index (χ4v) is 5.61. The van der Waals surface area contributed by atoms with Crippen LogP contribution in [0, 0.1) is 4.64 Å². The topological polar surface area (TPSA) is 227 Å². The molecule has 172 valence electrons. The molecule has 0 aromatic carbocycles. The van der Waals surface area contributed by atoms with Crippen LogP contribution < -0.4 is 5.69 Å². The van der Waals surface area contributed by atoms with E-state index in [2.05, 4.69) is 18.1 Å². The summed E-state index contributed by atoms with van der Waals surface area (Å²) < 4.78 is 65.9. The van der Waals surface area contributed by atoms with Crippen LogP contribution >= 0.6 is 35.7 Å². The maximum atomic E-state index is 15.0. The summed E-state index contributed by atoms with van der Waals surface area (Å²) in [6.07, 6.45) is -4.32. The summed E-state index contributed by atoms with van der Waals surface area (Å²) in [4.78, 5) is 49.6. The molecule has 0 aliphatic carbocycles. The van der Waals surface area contributed by atoms with Crippen LogP contribution in [-0.4, -0.2) is 58.7 Å². The van der Waals surface area contributed by atoms with E-state index in [0.717, 1.165) is 17.7 Å². The molecule has 15 nitrogen and oxygen atoms in total. The minimum absolute atomic E-state index is 0.0413. The highest BCUT2D eigenvalue weighted by Gasteiger charge is 2.56. The molecule has 1 aromatic heterocycles. The summed E-state index contributed by atoms with van der Waals surface area (Å²) >= 11 is 4.75. The van der Waals surface area contributed by atoms with Gasteiger partial charge in [-0.2, -0.15) is 8.62 Å². The average molecular weight is 516 g/mol. The highest BCUT2D eigenvalue weighted by Crippen LogP contribution is 2.66. The van der Waals surface area contributed by atoms with E-state index in [1.807, 2.05) is 0 Å². The predicted molar refractivity (Wildman–Crippen MR) is 95.1 cm³/mol. The first-order valence-electron chi connectivity index (χ1n) is 7.56. The number of aliphatic hydroxyl groups is 1. The van der Waals surface area contributed by atoms with Crippen LogP contribution in [0.5, 0.6) is 0 Å². The highest BCUT2D eigenvalue weighted by atomic mass is 32.1. The molecular formula is C10H16FN2O13P3S. The zero-order valence-corrected chi connectivity index (χ0v) is 18.2. The van der Waals surface area contributed by atoms with Gasteiger partial charge in [0, 0.05) is 6.20 Å². The van der Waals surface area contributed by atoms with E-state index in [9.17, 15) is 32.9 Å². The van der Waals surface area contributed by atoms with Crippen LogP contribution in [0.15, 0.2) is 17.1 Å². The molecule has 1 aliphatic rings. The van der Waals surface area contributed by atoms with E-state index in [4.69, 9.17) is 31.6 Å². The molecule has 2 rings (SSSR count). The van der Waals surface area contributed by atoms with Crippen molar-refractivity contribution in [3.8, 4) is 0 Å². The number of ether oxygens (including phenoxy) is 1. The van der Waals surface area contributed by atoms with Crippen molar-refractivity contribution in [3.63, 3.8) is 0 Å². The fraction of sp³-hybridized carbons (Fsp3) is 0.600. The molecule has 0 radical (unpaired) electrons. The van der Waals surface area contributed by atoms with Crippen LogP contribution in [0.1, 0.15) is 13.2 Å². The number of aliphatic hydroxyl groups excluding tert-OH is 1. The molecule has 20 heteroatoms. The lowest BCUT2D eigenvalue weighted by atomic mass is 9.98. The highest BCUT2D eigenvalue weighted by molar-refractivity contribution is 7.71. The van der Waals surface area contributed by atoms with Crippen molar-refractivity contribution >= 4 is 35.7 Å². The van der Waals surface area contributed by atoms with Crippen molar-refractivity contribution in [2.24, 2.45) is 0 Å². The van der Waals surface area contributed by atoms with Crippen molar-refractivity contribution in [3.05, 3.63) is 27.4 Å². The van der Waals surface area contributed by atoms with Crippen LogP contribution in [0.25, 0.3) is 0 Å². The van der Waals surface area contributed by atoms with Gasteiger partial charge in [0.25, 0.3) is 0 Å². The van der Waals surface area contributed by atoms with Gasteiger partial charge in [0.2, 0.25) is 0 Å². The number of aromatic nitrogens is 2. The number of rotatable bonds is 8. The summed E-state index contributed by atoms with van der Waals surface area (Å²) in [6, 6.07) is 1.24. The number of nitrogens with zero attached hydrogens (tertiary/aromatic N) is 1. The molecule has 6 atom stereocenters. The number of hydrogen-bond acceptors (Lipinski definition) is 10. The van der Waals surface area contributed by atoms with Gasteiger partial charge in [-0.25, -0.2) is 22.9 Å². The summed E-state index contributed by atoms with van der Waals surface area (Å²) in [5.74, 6) is 0. The van der Waals surface area contributed by atoms with E-state index >= 15 is 0 Å². The summed E-state index contributed by atoms with van der Waals surface area (Å²) in [6.45, 7) is -0.223. The molecule has 1 aromatic rings. The zero-order chi connectivity index (χ0) is 23.1. The molecule has 30 heavy (non-hydrogen) atoms. The number of alkyl halides is 1. The third kappa shape index (κ3) is 6.43. The number of nitrogens with one attached hydrogen (secondary N) is 1. The van der Waals surface area contributed by atoms with Crippen molar-refractivity contribution in [1.82, 2.24) is 9.55 Å². The third-order valence-corrected chi connectivity index (χ3v) is 7.68. The van der Waals surface area contributed by atoms with Gasteiger partial charge in [0.15, 0.2) is 11.9 Å². The number of H-pyrrole nitrogens is 1. The smallest absolute Gasteiger partial charge is 0.387 e. The van der Waals surface area contributed by atoms with E-state index in [1.165, 1.54) is 6.07 Å². The molecule has 0 saturated carbocycles. The van der Waals surface area contributed by atoms with Crippen molar-refractivity contribution < 1.29 is 60.6 Å². The first-order chi connectivity index (χ1) is 13.4. The Kier molecular flexibility index (Phi) is 7.44. The van der Waals surface area contributed by atoms with E-state index in [0.29, 0.717) is 0 Å². The van der Waals surface area contributed by atoms with Gasteiger partial charge in [-0.05, 0) is 13.0 Å². The molecule has 0 bridgehead atoms. The van der Waals surface area contributed by atoms with Gasteiger partial charge in [-0.3, -0.25) is 14.1 Å². The summed E-state index contributed by atoms with van der Waals surface area (Å²) in [5.41, 5.74) is -3.48. The molecule has 3 unspecified atom stereocenters. The van der Waals surface area contributed by atoms with Crippen LogP contribution in [0.4, 0.5) is 4.39 Å². The van der Waals surface area contributed by atoms with Gasteiger partial charge < -0.3 is 29.4 Å². The Morgan fingerprint density at radius 3 is 2.40 bits per heavy atom. The second-order valence-corrected chi connectivity index (χ2v) is 10.9. The zero-order valence-electron chi connectivity index (χ0n) is 14.7. The molecule has 1 fully saturated rings. The maximum Gasteiger partial charge on any atom is 0.490 e. The fourth-order valence-electron chi connectivity index (χ4n) is 2.43. The van der Waals surface area contributed by atoms with Gasteiger partial charge >= 0.3 is 29.2 Å². The Balaban J connectivity index is 2.13. The lowest BCUT2D eigenvalue weighted by molar-refractivity contribution is -0.0604. The SMILES string of the molecule is CC1(F)[C@@H](O)[C@@H](COP(=O)(O)OP(=O)(O)OP(=O)(O)O)O[C@H]1n1ccc(=S)[nH]c1=O. The first-order valence-corrected chi connectivity index (χ1v) is 12.5. The Hall–Kier alpha value is -0.640. The maximum absolute atomic E-state index is 15.0. The second-order valence-electron chi connectivity index (χ2n) is 6.03. The molecule has 1 aliphatic heterocycles. The van der Waals surface area contributed by atoms with Crippen molar-refractivity contribution in [2.75, 3.05) is 6.61 Å². The quantitative estimate of drug-likeness (QED) is 0.201. The Bertz CT molecular complexity index is 1050. The van der Waals surface area contributed by atoms with Crippen LogP contribution in [0.3, 0.4) is 0 Å². The first kappa shape index (κ1) is 25.6. The van der Waals surface area contributed by atoms with E-state index in [-0.39, 0.29) is 4.64 Å². The Labute approximate surface area is 171 Å². The minimum Gasteiger partial charge on any atom is -0.387 e. The normalized spacial score (nSPS) is 31.2. The van der Waals surface area contributed by atoms with E-state index < -0.39 is 59.9 Å². The van der Waals surface area contributed by atoms with Crippen molar-refractivity contribution in [1.29, 1.82) is 0 Å². The minimum atomic E-state index is -5.75. The molecule has 0 amide bonds. The number of phosphoric ester groups is 1. The summed E-state index contributed by atoms with van der Waals surface area (Å²) in [5, 5.41) is 10.1. The Morgan fingerprint density at radius 2 is 1.87 bits per heavy atom. The number of halogens is 1.